The van der Waals surface area contributed by atoms with E-state index in [9.17, 15) is 5.11 Å². The monoisotopic (exact) mass is 346 g/mol. The maximum absolute atomic E-state index is 11.1. The van der Waals surface area contributed by atoms with Crippen LogP contribution in [0.4, 0.5) is 0 Å². The Labute approximate surface area is 155 Å². The van der Waals surface area contributed by atoms with E-state index in [0.29, 0.717) is 5.75 Å². The lowest BCUT2D eigenvalue weighted by molar-refractivity contribution is 0.147. The Kier molecular flexibility index (Phi) is 6.22. The zero-order valence-electron chi connectivity index (χ0n) is 17.4. The van der Waals surface area contributed by atoms with Crippen molar-refractivity contribution in [1.82, 2.24) is 9.80 Å². The number of rotatable bonds is 6. The van der Waals surface area contributed by atoms with Crippen LogP contribution in [0.2, 0.25) is 0 Å². The number of hydrogen-bond acceptors (Lipinski definition) is 3. The predicted octanol–water partition coefficient (Wildman–Crippen LogP) is 4.51. The van der Waals surface area contributed by atoms with Crippen LogP contribution in [0.25, 0.3) is 0 Å². The fourth-order valence-electron chi connectivity index (χ4n) is 3.36. The van der Waals surface area contributed by atoms with Gasteiger partial charge >= 0.3 is 0 Å². The van der Waals surface area contributed by atoms with Gasteiger partial charge in [0.1, 0.15) is 5.75 Å². The molecule has 1 aliphatic heterocycles. The molecule has 0 unspecified atom stereocenters. The van der Waals surface area contributed by atoms with Crippen LogP contribution in [0.1, 0.15) is 71.1 Å². The van der Waals surface area contributed by atoms with Gasteiger partial charge in [-0.3, -0.25) is 4.90 Å². The number of piperazine rings is 1. The molecule has 1 aromatic rings. The van der Waals surface area contributed by atoms with Crippen molar-refractivity contribution in [1.29, 1.82) is 0 Å². The van der Waals surface area contributed by atoms with Crippen molar-refractivity contribution in [2.45, 2.75) is 71.8 Å². The molecule has 0 aliphatic carbocycles. The third-order valence-corrected chi connectivity index (χ3v) is 6.46. The van der Waals surface area contributed by atoms with Gasteiger partial charge in [-0.25, -0.2) is 0 Å². The molecule has 1 saturated heterocycles. The maximum Gasteiger partial charge on any atom is 0.123 e. The Morgan fingerprint density at radius 2 is 1.48 bits per heavy atom. The summed E-state index contributed by atoms with van der Waals surface area (Å²) < 4.78 is 0. The molecule has 1 N–H and O–H groups in total. The number of hydrogen-bond donors (Lipinski definition) is 1. The minimum absolute atomic E-state index is 0.0131. The lowest BCUT2D eigenvalue weighted by Gasteiger charge is -2.34. The predicted molar refractivity (Wildman–Crippen MR) is 108 cm³/mol. The number of phenols is 1. The number of benzene rings is 1. The van der Waals surface area contributed by atoms with E-state index in [1.807, 2.05) is 0 Å². The fourth-order valence-corrected chi connectivity index (χ4v) is 3.36. The average molecular weight is 347 g/mol. The van der Waals surface area contributed by atoms with Crippen molar-refractivity contribution in [3.05, 3.63) is 28.8 Å². The first-order valence-corrected chi connectivity index (χ1v) is 9.88. The summed E-state index contributed by atoms with van der Waals surface area (Å²) in [5, 5.41) is 11.1. The largest absolute Gasteiger partial charge is 0.507 e. The molecule has 25 heavy (non-hydrogen) atoms. The van der Waals surface area contributed by atoms with Gasteiger partial charge in [0.25, 0.3) is 0 Å². The lowest BCUT2D eigenvalue weighted by Crippen LogP contribution is -2.44. The van der Waals surface area contributed by atoms with Crippen LogP contribution in [-0.4, -0.2) is 48.1 Å². The number of likely N-dealkylation sites (N-methyl/N-ethyl adjacent to an activating group) is 1. The van der Waals surface area contributed by atoms with E-state index in [1.54, 1.807) is 0 Å². The molecule has 1 aromatic carbocycles. The van der Waals surface area contributed by atoms with Gasteiger partial charge in [-0.1, -0.05) is 53.7 Å². The molecule has 0 bridgehead atoms. The average Bonchev–Trinajstić information content (AvgIpc) is 2.58. The van der Waals surface area contributed by atoms with Gasteiger partial charge in [0, 0.05) is 43.9 Å². The van der Waals surface area contributed by atoms with Gasteiger partial charge < -0.3 is 10.0 Å². The first-order chi connectivity index (χ1) is 11.6. The Hall–Kier alpha value is -1.06. The highest BCUT2D eigenvalue weighted by atomic mass is 16.3. The van der Waals surface area contributed by atoms with Crippen LogP contribution >= 0.6 is 0 Å². The summed E-state index contributed by atoms with van der Waals surface area (Å²) in [6.07, 6.45) is 2.11. The van der Waals surface area contributed by atoms with Crippen molar-refractivity contribution < 1.29 is 5.11 Å². The molecule has 0 saturated carbocycles. The van der Waals surface area contributed by atoms with Crippen LogP contribution in [-0.2, 0) is 17.4 Å². The first kappa shape index (κ1) is 20.3. The van der Waals surface area contributed by atoms with E-state index >= 15 is 0 Å². The molecule has 0 atom stereocenters. The minimum atomic E-state index is -0.0131. The van der Waals surface area contributed by atoms with Crippen molar-refractivity contribution in [3.63, 3.8) is 0 Å². The summed E-state index contributed by atoms with van der Waals surface area (Å²) in [6.45, 7) is 18.8. The standard InChI is InChI=1S/C22H38N2O/c1-8-21(3,4)18-14-17(16-24-12-10-23(7)11-13-24)20(25)19(15-18)22(5,6)9-2/h14-15,25H,8-13,16H2,1-7H3. The molecular weight excluding hydrogens is 308 g/mol. The highest BCUT2D eigenvalue weighted by Crippen LogP contribution is 2.40. The van der Waals surface area contributed by atoms with Crippen molar-refractivity contribution in [2.24, 2.45) is 0 Å². The van der Waals surface area contributed by atoms with Crippen molar-refractivity contribution in [3.8, 4) is 5.75 Å². The Morgan fingerprint density at radius 1 is 0.920 bits per heavy atom. The molecule has 3 heteroatoms. The van der Waals surface area contributed by atoms with Gasteiger partial charge in [0.15, 0.2) is 0 Å². The normalized spacial score (nSPS) is 17.9. The van der Waals surface area contributed by atoms with E-state index in [0.717, 1.165) is 56.7 Å². The van der Waals surface area contributed by atoms with Gasteiger partial charge in [0.05, 0.1) is 0 Å². The van der Waals surface area contributed by atoms with Crippen LogP contribution < -0.4 is 0 Å². The van der Waals surface area contributed by atoms with Gasteiger partial charge in [-0.15, -0.1) is 0 Å². The quantitative estimate of drug-likeness (QED) is 0.821. The van der Waals surface area contributed by atoms with Crippen LogP contribution in [0, 0.1) is 0 Å². The third kappa shape index (κ3) is 4.57. The first-order valence-electron chi connectivity index (χ1n) is 9.88. The van der Waals surface area contributed by atoms with Crippen molar-refractivity contribution in [2.75, 3.05) is 33.2 Å². The van der Waals surface area contributed by atoms with Crippen LogP contribution in [0.15, 0.2) is 12.1 Å². The van der Waals surface area contributed by atoms with Crippen LogP contribution in [0.5, 0.6) is 5.75 Å². The summed E-state index contributed by atoms with van der Waals surface area (Å²) in [6, 6.07) is 4.52. The lowest BCUT2D eigenvalue weighted by atomic mass is 9.75. The third-order valence-electron chi connectivity index (χ3n) is 6.46. The molecule has 1 fully saturated rings. The zero-order chi connectivity index (χ0) is 18.8. The van der Waals surface area contributed by atoms with Crippen molar-refractivity contribution >= 4 is 0 Å². The van der Waals surface area contributed by atoms with Gasteiger partial charge in [-0.05, 0) is 36.3 Å². The second kappa shape index (κ2) is 7.67. The molecule has 2 rings (SSSR count). The topological polar surface area (TPSA) is 26.7 Å². The summed E-state index contributed by atoms with van der Waals surface area (Å²) in [5.41, 5.74) is 3.68. The Morgan fingerprint density at radius 3 is 2.00 bits per heavy atom. The smallest absolute Gasteiger partial charge is 0.123 e. The van der Waals surface area contributed by atoms with E-state index in [4.69, 9.17) is 0 Å². The number of nitrogens with zero attached hydrogens (tertiary/aromatic N) is 2. The molecule has 0 aromatic heterocycles. The second-order valence-corrected chi connectivity index (χ2v) is 9.09. The minimum Gasteiger partial charge on any atom is -0.507 e. The second-order valence-electron chi connectivity index (χ2n) is 9.09. The number of phenolic OH excluding ortho intramolecular Hbond substituents is 1. The molecular formula is C22H38N2O. The molecule has 142 valence electrons. The maximum atomic E-state index is 11.1. The molecule has 1 aliphatic rings. The molecule has 3 nitrogen and oxygen atoms in total. The van der Waals surface area contributed by atoms with E-state index < -0.39 is 0 Å². The summed E-state index contributed by atoms with van der Waals surface area (Å²) in [5.74, 6) is 0.515. The summed E-state index contributed by atoms with van der Waals surface area (Å²) in [7, 11) is 2.18. The number of aromatic hydroxyl groups is 1. The van der Waals surface area contributed by atoms with Crippen LogP contribution in [0.3, 0.4) is 0 Å². The highest BCUT2D eigenvalue weighted by molar-refractivity contribution is 5.49. The van der Waals surface area contributed by atoms with E-state index in [-0.39, 0.29) is 10.8 Å². The van der Waals surface area contributed by atoms with E-state index in [2.05, 4.69) is 70.5 Å². The Bertz CT molecular complexity index is 584. The van der Waals surface area contributed by atoms with E-state index in [1.165, 1.54) is 5.56 Å². The molecule has 0 amide bonds. The van der Waals surface area contributed by atoms with Gasteiger partial charge in [-0.2, -0.15) is 0 Å². The molecule has 1 heterocycles. The zero-order valence-corrected chi connectivity index (χ0v) is 17.4. The summed E-state index contributed by atoms with van der Waals surface area (Å²) in [4.78, 5) is 4.85. The summed E-state index contributed by atoms with van der Waals surface area (Å²) >= 11 is 0. The molecule has 0 spiro atoms. The molecule has 0 radical (unpaired) electrons. The Balaban J connectivity index is 2.43. The van der Waals surface area contributed by atoms with Gasteiger partial charge in [0.2, 0.25) is 0 Å². The highest BCUT2D eigenvalue weighted by Gasteiger charge is 2.28. The fraction of sp³-hybridized carbons (Fsp3) is 0.727. The SMILES string of the molecule is CCC(C)(C)c1cc(CN2CCN(C)CC2)c(O)c(C(C)(C)CC)c1.